The quantitative estimate of drug-likeness (QED) is 0.370. The highest BCUT2D eigenvalue weighted by molar-refractivity contribution is 5.70. The molecular formula is C27H31N7O. The van der Waals surface area contributed by atoms with Crippen molar-refractivity contribution in [2.75, 3.05) is 5.32 Å². The van der Waals surface area contributed by atoms with Gasteiger partial charge < -0.3 is 15.0 Å². The molecule has 1 saturated carbocycles. The van der Waals surface area contributed by atoms with E-state index in [0.29, 0.717) is 24.2 Å². The molecule has 1 aliphatic carbocycles. The average Bonchev–Trinajstić information content (AvgIpc) is 3.40. The highest BCUT2D eigenvalue weighted by Gasteiger charge is 2.29. The molecule has 8 heteroatoms. The molecule has 2 atom stereocenters. The van der Waals surface area contributed by atoms with Gasteiger partial charge in [0.1, 0.15) is 12.1 Å². The predicted octanol–water partition coefficient (Wildman–Crippen LogP) is 4.95. The van der Waals surface area contributed by atoms with Crippen LogP contribution in [0.5, 0.6) is 0 Å². The van der Waals surface area contributed by atoms with Crippen LogP contribution in [-0.4, -0.2) is 29.4 Å². The van der Waals surface area contributed by atoms with E-state index in [1.54, 1.807) is 0 Å². The summed E-state index contributed by atoms with van der Waals surface area (Å²) in [4.78, 5) is 9.51. The fourth-order valence-electron chi connectivity index (χ4n) is 5.08. The summed E-state index contributed by atoms with van der Waals surface area (Å²) in [6.45, 7) is 6.94. The molecule has 1 aliphatic heterocycles. The van der Waals surface area contributed by atoms with Crippen molar-refractivity contribution >= 4 is 11.6 Å². The van der Waals surface area contributed by atoms with E-state index in [-0.39, 0.29) is 6.04 Å². The van der Waals surface area contributed by atoms with Crippen LogP contribution in [0.1, 0.15) is 67.4 Å². The van der Waals surface area contributed by atoms with Crippen LogP contribution in [0.25, 0.3) is 22.6 Å². The van der Waals surface area contributed by atoms with E-state index < -0.39 is 6.23 Å². The number of fused-ring (bicyclic) bond motifs is 1. The molecule has 0 radical (unpaired) electrons. The molecule has 0 spiro atoms. The van der Waals surface area contributed by atoms with Crippen LogP contribution in [0.3, 0.4) is 0 Å². The highest BCUT2D eigenvalue weighted by atomic mass is 16.3. The van der Waals surface area contributed by atoms with Crippen LogP contribution in [0.15, 0.2) is 42.6 Å². The predicted molar refractivity (Wildman–Crippen MR) is 136 cm³/mol. The van der Waals surface area contributed by atoms with E-state index in [1.807, 2.05) is 23.0 Å². The van der Waals surface area contributed by atoms with Gasteiger partial charge in [-0.2, -0.15) is 4.98 Å². The maximum atomic E-state index is 10.1. The summed E-state index contributed by atoms with van der Waals surface area (Å²) in [6, 6.07) is 12.5. The number of aromatic nitrogens is 5. The first-order valence-corrected chi connectivity index (χ1v) is 12.4. The summed E-state index contributed by atoms with van der Waals surface area (Å²) in [7, 11) is 2.11. The van der Waals surface area contributed by atoms with Crippen LogP contribution in [0, 0.1) is 6.92 Å². The number of hydrogen-bond acceptors (Lipinski definition) is 6. The van der Waals surface area contributed by atoms with Crippen LogP contribution < -0.4 is 10.6 Å². The van der Waals surface area contributed by atoms with Gasteiger partial charge in [-0.3, -0.25) is 5.32 Å². The van der Waals surface area contributed by atoms with Crippen molar-refractivity contribution in [1.29, 1.82) is 0 Å². The Bertz CT molecular complexity index is 1420. The van der Waals surface area contributed by atoms with E-state index in [4.69, 9.17) is 10.1 Å². The van der Waals surface area contributed by atoms with Crippen molar-refractivity contribution in [3.05, 3.63) is 65.1 Å². The lowest BCUT2D eigenvalue weighted by atomic mass is 10.0. The minimum absolute atomic E-state index is 0.0997. The van der Waals surface area contributed by atoms with Crippen molar-refractivity contribution in [1.82, 2.24) is 29.6 Å². The van der Waals surface area contributed by atoms with Gasteiger partial charge in [0.25, 0.3) is 0 Å². The summed E-state index contributed by atoms with van der Waals surface area (Å²) < 4.78 is 4.11. The van der Waals surface area contributed by atoms with E-state index >= 15 is 0 Å². The summed E-state index contributed by atoms with van der Waals surface area (Å²) >= 11 is 0. The molecule has 2 aliphatic rings. The molecule has 4 aromatic rings. The Morgan fingerprint density at radius 3 is 2.71 bits per heavy atom. The minimum Gasteiger partial charge on any atom is -0.374 e. The van der Waals surface area contributed by atoms with Crippen molar-refractivity contribution in [3.63, 3.8) is 0 Å². The Hall–Kier alpha value is -3.49. The van der Waals surface area contributed by atoms with Gasteiger partial charge >= 0.3 is 0 Å². The number of benzene rings is 2. The first-order valence-electron chi connectivity index (χ1n) is 12.4. The molecule has 0 bridgehead atoms. The first kappa shape index (κ1) is 22.0. The number of imidazole rings is 1. The lowest BCUT2D eigenvalue weighted by Gasteiger charge is -2.10. The third-order valence-corrected chi connectivity index (χ3v) is 7.21. The molecule has 2 aromatic heterocycles. The zero-order valence-corrected chi connectivity index (χ0v) is 20.6. The molecule has 3 N–H and O–H groups in total. The molecule has 0 amide bonds. The Labute approximate surface area is 205 Å². The summed E-state index contributed by atoms with van der Waals surface area (Å²) in [6.07, 6.45) is 3.87. The van der Waals surface area contributed by atoms with Crippen molar-refractivity contribution in [2.24, 2.45) is 7.05 Å². The Morgan fingerprint density at radius 1 is 1.14 bits per heavy atom. The van der Waals surface area contributed by atoms with Crippen LogP contribution in [0.2, 0.25) is 0 Å². The number of aryl methyl sites for hydroxylation is 2. The lowest BCUT2D eigenvalue weighted by Crippen LogP contribution is -2.14. The fourth-order valence-corrected chi connectivity index (χ4v) is 5.08. The third-order valence-electron chi connectivity index (χ3n) is 7.21. The normalized spacial score (nSPS) is 19.2. The zero-order chi connectivity index (χ0) is 24.3. The zero-order valence-electron chi connectivity index (χ0n) is 20.6. The molecule has 8 nitrogen and oxygen atoms in total. The maximum absolute atomic E-state index is 10.1. The summed E-state index contributed by atoms with van der Waals surface area (Å²) in [5, 5.41) is 21.5. The van der Waals surface area contributed by atoms with E-state index in [1.165, 1.54) is 29.8 Å². The number of aliphatic hydroxyl groups is 1. The Kier molecular flexibility index (Phi) is 5.23. The van der Waals surface area contributed by atoms with Crippen LogP contribution in [-0.2, 0) is 13.6 Å². The van der Waals surface area contributed by atoms with E-state index in [2.05, 4.69) is 72.3 Å². The van der Waals surface area contributed by atoms with Gasteiger partial charge in [0.05, 0.1) is 11.9 Å². The lowest BCUT2D eigenvalue weighted by molar-refractivity contribution is 0.143. The van der Waals surface area contributed by atoms with Gasteiger partial charge in [-0.15, -0.1) is 5.10 Å². The second kappa shape index (κ2) is 8.32. The average molecular weight is 470 g/mol. The topological polar surface area (TPSA) is 92.8 Å². The highest BCUT2D eigenvalue weighted by Crippen LogP contribution is 2.40. The maximum Gasteiger partial charge on any atom is 0.226 e. The van der Waals surface area contributed by atoms with E-state index in [9.17, 15) is 5.11 Å². The second-order valence-corrected chi connectivity index (χ2v) is 9.70. The molecule has 3 heterocycles. The van der Waals surface area contributed by atoms with Gasteiger partial charge in [-0.05, 0) is 62.9 Å². The smallest absolute Gasteiger partial charge is 0.226 e. The molecule has 0 saturated heterocycles. The number of aliphatic hydroxyl groups excluding tert-OH is 1. The first-order chi connectivity index (χ1) is 16.9. The second-order valence-electron chi connectivity index (χ2n) is 9.70. The molecule has 180 valence electrons. The number of nitrogens with one attached hydrogen (secondary N) is 2. The number of hydrogen-bond donors (Lipinski definition) is 3. The number of anilines is 2. The fraction of sp³-hybridized carbons (Fsp3) is 0.370. The number of nitrogens with zero attached hydrogens (tertiary/aromatic N) is 5. The molecular weight excluding hydrogens is 438 g/mol. The van der Waals surface area contributed by atoms with Crippen molar-refractivity contribution < 1.29 is 5.11 Å². The van der Waals surface area contributed by atoms with Crippen molar-refractivity contribution in [2.45, 2.75) is 58.3 Å². The number of rotatable bonds is 6. The van der Waals surface area contributed by atoms with Gasteiger partial charge in [0, 0.05) is 47.9 Å². The van der Waals surface area contributed by atoms with Crippen LogP contribution in [0.4, 0.5) is 11.6 Å². The van der Waals surface area contributed by atoms with Crippen LogP contribution >= 0.6 is 0 Å². The minimum atomic E-state index is -0.613. The summed E-state index contributed by atoms with van der Waals surface area (Å²) in [5.41, 5.74) is 7.44. The van der Waals surface area contributed by atoms with Gasteiger partial charge in [-0.1, -0.05) is 18.2 Å². The van der Waals surface area contributed by atoms with E-state index in [0.717, 1.165) is 28.1 Å². The van der Waals surface area contributed by atoms with Gasteiger partial charge in [-0.25, -0.2) is 9.67 Å². The molecule has 35 heavy (non-hydrogen) atoms. The molecule has 6 rings (SSSR count). The van der Waals surface area contributed by atoms with Gasteiger partial charge in [0.2, 0.25) is 5.95 Å². The molecule has 2 unspecified atom stereocenters. The van der Waals surface area contributed by atoms with Gasteiger partial charge in [0.15, 0.2) is 5.82 Å². The SMILES string of the molecule is CCn1nc(-c2ccc(-c3cnc(C4CC4)n3C)c(C)c2)nc1Nc1ccc2c(c1)C(C)NC2O. The molecule has 2 aromatic carbocycles. The largest absolute Gasteiger partial charge is 0.374 e. The Morgan fingerprint density at radius 2 is 1.97 bits per heavy atom. The summed E-state index contributed by atoms with van der Waals surface area (Å²) in [5.74, 6) is 3.20. The monoisotopic (exact) mass is 469 g/mol. The van der Waals surface area contributed by atoms with Crippen molar-refractivity contribution in [3.8, 4) is 22.6 Å². The molecule has 1 fully saturated rings. The Balaban J connectivity index is 1.28. The third kappa shape index (κ3) is 3.83. The standard InChI is InChI=1S/C27H31N7O/c1-5-34-27(30-19-9-11-21-22(13-19)16(3)29-26(21)35)31-24(32-34)18-8-10-20(15(2)12-18)23-14-28-25(33(23)4)17-6-7-17/h8-14,16-17,26,29,35H,5-7H2,1-4H3,(H,30,31,32).